The van der Waals surface area contributed by atoms with Gasteiger partial charge in [-0.1, -0.05) is 33.2 Å². The molecule has 1 aromatic heterocycles. The monoisotopic (exact) mass is 308 g/mol. The first-order chi connectivity index (χ1) is 8.58. The first-order valence-corrected chi connectivity index (χ1v) is 6.32. The lowest BCUT2D eigenvalue weighted by molar-refractivity contribution is 0.0949. The summed E-state index contributed by atoms with van der Waals surface area (Å²) in [5, 5.41) is 6.61. The van der Waals surface area contributed by atoms with Gasteiger partial charge < -0.3 is 9.84 Å². The Bertz CT molecular complexity index is 541. The molecular formula is C13H13BrN2O2. The second kappa shape index (κ2) is 5.35. The summed E-state index contributed by atoms with van der Waals surface area (Å²) in [5.41, 5.74) is 2.17. The van der Waals surface area contributed by atoms with E-state index in [2.05, 4.69) is 26.4 Å². The van der Waals surface area contributed by atoms with Crippen LogP contribution in [0.2, 0.25) is 0 Å². The number of aromatic nitrogens is 1. The molecule has 0 saturated carbocycles. The van der Waals surface area contributed by atoms with Crippen LogP contribution in [0, 0.1) is 13.8 Å². The number of hydrogen-bond donors (Lipinski definition) is 1. The molecule has 2 aromatic rings. The highest BCUT2D eigenvalue weighted by Crippen LogP contribution is 2.13. The minimum atomic E-state index is -0.158. The van der Waals surface area contributed by atoms with Crippen molar-refractivity contribution in [1.29, 1.82) is 0 Å². The zero-order valence-corrected chi connectivity index (χ0v) is 11.7. The molecule has 1 amide bonds. The van der Waals surface area contributed by atoms with E-state index in [1.165, 1.54) is 0 Å². The second-order valence-corrected chi connectivity index (χ2v) is 4.92. The normalized spacial score (nSPS) is 10.4. The number of benzene rings is 1. The van der Waals surface area contributed by atoms with Gasteiger partial charge in [-0.15, -0.1) is 0 Å². The van der Waals surface area contributed by atoms with E-state index in [0.717, 1.165) is 10.0 Å². The van der Waals surface area contributed by atoms with Crippen LogP contribution in [-0.2, 0) is 6.54 Å². The molecule has 5 heteroatoms. The Morgan fingerprint density at radius 3 is 2.56 bits per heavy atom. The van der Waals surface area contributed by atoms with Crippen molar-refractivity contribution in [1.82, 2.24) is 10.5 Å². The average molecular weight is 309 g/mol. The van der Waals surface area contributed by atoms with E-state index in [4.69, 9.17) is 4.52 Å². The quantitative estimate of drug-likeness (QED) is 0.948. The summed E-state index contributed by atoms with van der Waals surface area (Å²) in [6.45, 7) is 3.97. The van der Waals surface area contributed by atoms with E-state index in [9.17, 15) is 4.79 Å². The summed E-state index contributed by atoms with van der Waals surface area (Å²) in [5.74, 6) is 0.384. The van der Waals surface area contributed by atoms with Crippen LogP contribution >= 0.6 is 15.9 Å². The van der Waals surface area contributed by atoms with Crippen LogP contribution in [0.1, 0.15) is 27.4 Å². The molecule has 0 aliphatic rings. The molecule has 0 bridgehead atoms. The third kappa shape index (κ3) is 2.79. The van der Waals surface area contributed by atoms with Gasteiger partial charge in [0.1, 0.15) is 11.3 Å². The van der Waals surface area contributed by atoms with Gasteiger partial charge in [0.15, 0.2) is 0 Å². The summed E-state index contributed by atoms with van der Waals surface area (Å²) >= 11 is 3.37. The van der Waals surface area contributed by atoms with Crippen LogP contribution in [0.25, 0.3) is 0 Å². The molecule has 0 fully saturated rings. The van der Waals surface area contributed by atoms with Crippen LogP contribution in [0.4, 0.5) is 0 Å². The Morgan fingerprint density at radius 1 is 1.33 bits per heavy atom. The van der Waals surface area contributed by atoms with Crippen LogP contribution in [0.5, 0.6) is 0 Å². The minimum Gasteiger partial charge on any atom is -0.361 e. The third-order valence-corrected chi connectivity index (χ3v) is 3.16. The van der Waals surface area contributed by atoms with E-state index in [-0.39, 0.29) is 5.91 Å². The Hall–Kier alpha value is -1.62. The topological polar surface area (TPSA) is 55.1 Å². The predicted octanol–water partition coefficient (Wildman–Crippen LogP) is 2.98. The Kier molecular flexibility index (Phi) is 3.81. The highest BCUT2D eigenvalue weighted by atomic mass is 79.9. The number of rotatable bonds is 3. The van der Waals surface area contributed by atoms with Crippen molar-refractivity contribution in [2.24, 2.45) is 0 Å². The van der Waals surface area contributed by atoms with Crippen molar-refractivity contribution >= 4 is 21.8 Å². The third-order valence-electron chi connectivity index (χ3n) is 2.63. The van der Waals surface area contributed by atoms with E-state index >= 15 is 0 Å². The number of nitrogens with one attached hydrogen (secondary N) is 1. The van der Waals surface area contributed by atoms with E-state index in [1.54, 1.807) is 13.8 Å². The van der Waals surface area contributed by atoms with Gasteiger partial charge >= 0.3 is 0 Å². The van der Waals surface area contributed by atoms with Gasteiger partial charge in [-0.05, 0) is 31.5 Å². The molecule has 0 radical (unpaired) electrons. The second-order valence-electron chi connectivity index (χ2n) is 4.01. The van der Waals surface area contributed by atoms with Crippen molar-refractivity contribution in [3.8, 4) is 0 Å². The molecule has 0 aliphatic carbocycles. The summed E-state index contributed by atoms with van der Waals surface area (Å²) in [6, 6.07) is 7.80. The van der Waals surface area contributed by atoms with Crippen LogP contribution in [0.15, 0.2) is 33.3 Å². The molecule has 1 heterocycles. The van der Waals surface area contributed by atoms with E-state index in [1.807, 2.05) is 24.3 Å². The maximum atomic E-state index is 12.0. The molecule has 0 spiro atoms. The maximum Gasteiger partial charge on any atom is 0.257 e. The number of amides is 1. The zero-order valence-electron chi connectivity index (χ0n) is 10.2. The lowest BCUT2D eigenvalue weighted by Crippen LogP contribution is -2.23. The molecule has 18 heavy (non-hydrogen) atoms. The zero-order chi connectivity index (χ0) is 13.1. The SMILES string of the molecule is Cc1noc(C)c1C(=O)NCc1ccc(Br)cc1. The fourth-order valence-electron chi connectivity index (χ4n) is 1.68. The van der Waals surface area contributed by atoms with E-state index < -0.39 is 0 Å². The van der Waals surface area contributed by atoms with Gasteiger partial charge in [0.25, 0.3) is 5.91 Å². The highest BCUT2D eigenvalue weighted by Gasteiger charge is 2.16. The highest BCUT2D eigenvalue weighted by molar-refractivity contribution is 9.10. The molecule has 2 rings (SSSR count). The van der Waals surface area contributed by atoms with Crippen molar-refractivity contribution in [2.75, 3.05) is 0 Å². The van der Waals surface area contributed by atoms with Crippen molar-refractivity contribution in [2.45, 2.75) is 20.4 Å². The molecular weight excluding hydrogens is 296 g/mol. The smallest absolute Gasteiger partial charge is 0.257 e. The summed E-state index contributed by atoms with van der Waals surface area (Å²) < 4.78 is 5.98. The Morgan fingerprint density at radius 2 is 2.00 bits per heavy atom. The fraction of sp³-hybridized carbons (Fsp3) is 0.231. The van der Waals surface area contributed by atoms with Gasteiger partial charge in [0.2, 0.25) is 0 Å². The molecule has 1 N–H and O–H groups in total. The molecule has 1 aromatic carbocycles. The number of hydrogen-bond acceptors (Lipinski definition) is 3. The number of carbonyl (C=O) groups excluding carboxylic acids is 1. The Balaban J connectivity index is 2.03. The molecule has 94 valence electrons. The van der Waals surface area contributed by atoms with Gasteiger partial charge in [-0.3, -0.25) is 4.79 Å². The van der Waals surface area contributed by atoms with E-state index in [0.29, 0.717) is 23.6 Å². The van der Waals surface area contributed by atoms with Crippen LogP contribution < -0.4 is 5.32 Å². The van der Waals surface area contributed by atoms with Gasteiger partial charge in [-0.2, -0.15) is 0 Å². The van der Waals surface area contributed by atoms with Gasteiger partial charge in [0, 0.05) is 11.0 Å². The largest absolute Gasteiger partial charge is 0.361 e. The first kappa shape index (κ1) is 12.8. The standard InChI is InChI=1S/C13H13BrN2O2/c1-8-12(9(2)18-16-8)13(17)15-7-10-3-5-11(14)6-4-10/h3-6H,7H2,1-2H3,(H,15,17). The predicted molar refractivity (Wildman–Crippen MR) is 71.3 cm³/mol. The van der Waals surface area contributed by atoms with Crippen LogP contribution in [-0.4, -0.2) is 11.1 Å². The average Bonchev–Trinajstić information content (AvgIpc) is 2.68. The van der Waals surface area contributed by atoms with Gasteiger partial charge in [0.05, 0.1) is 5.69 Å². The van der Waals surface area contributed by atoms with Crippen molar-refractivity contribution in [3.63, 3.8) is 0 Å². The number of nitrogens with zero attached hydrogens (tertiary/aromatic N) is 1. The molecule has 4 nitrogen and oxygen atoms in total. The fourth-order valence-corrected chi connectivity index (χ4v) is 1.94. The molecule has 0 aliphatic heterocycles. The first-order valence-electron chi connectivity index (χ1n) is 5.53. The van der Waals surface area contributed by atoms with Crippen molar-refractivity contribution in [3.05, 3.63) is 51.3 Å². The lowest BCUT2D eigenvalue weighted by Gasteiger charge is -2.05. The number of halogens is 1. The number of aryl methyl sites for hydroxylation is 2. The summed E-state index contributed by atoms with van der Waals surface area (Å²) in [4.78, 5) is 12.0. The lowest BCUT2D eigenvalue weighted by atomic mass is 10.2. The summed E-state index contributed by atoms with van der Waals surface area (Å²) in [7, 11) is 0. The van der Waals surface area contributed by atoms with Crippen LogP contribution in [0.3, 0.4) is 0 Å². The van der Waals surface area contributed by atoms with Crippen molar-refractivity contribution < 1.29 is 9.32 Å². The minimum absolute atomic E-state index is 0.158. The number of carbonyl (C=O) groups is 1. The molecule has 0 unspecified atom stereocenters. The molecule has 0 atom stereocenters. The maximum absolute atomic E-state index is 12.0. The summed E-state index contributed by atoms with van der Waals surface area (Å²) in [6.07, 6.45) is 0. The Labute approximate surface area is 113 Å². The van der Waals surface area contributed by atoms with Gasteiger partial charge in [-0.25, -0.2) is 0 Å². The molecule has 0 saturated heterocycles.